The lowest BCUT2D eigenvalue weighted by atomic mass is 10.2. The van der Waals surface area contributed by atoms with Crippen molar-refractivity contribution in [3.05, 3.63) is 70.2 Å². The Hall–Kier alpha value is -1.69. The second-order valence-electron chi connectivity index (χ2n) is 5.67. The molecule has 0 saturated carbocycles. The summed E-state index contributed by atoms with van der Waals surface area (Å²) in [6.07, 6.45) is 0. The summed E-state index contributed by atoms with van der Waals surface area (Å²) in [5.74, 6) is -0.0611. The third-order valence-corrected chi connectivity index (χ3v) is 4.69. The third-order valence-electron chi connectivity index (χ3n) is 4.00. The van der Waals surface area contributed by atoms with Crippen molar-refractivity contribution in [3.8, 4) is 0 Å². The Balaban J connectivity index is 1.49. The maximum absolute atomic E-state index is 12.3. The summed E-state index contributed by atoms with van der Waals surface area (Å²) in [6, 6.07) is 18.0. The number of benzene rings is 2. The first-order chi connectivity index (χ1) is 11.2. The van der Waals surface area contributed by atoms with Gasteiger partial charge in [-0.3, -0.25) is 15.1 Å². The van der Waals surface area contributed by atoms with Crippen molar-refractivity contribution in [2.75, 3.05) is 26.2 Å². The van der Waals surface area contributed by atoms with E-state index in [1.54, 1.807) is 0 Å². The van der Waals surface area contributed by atoms with E-state index in [0.717, 1.165) is 37.2 Å². The standard InChI is InChI=1S/C18H20BrN3O/c19-17-9-5-4-8-16(17)18(23)20-22-12-10-21(11-13-22)14-15-6-2-1-3-7-15/h1-9H,10-14H2,(H,20,23). The Labute approximate surface area is 145 Å². The van der Waals surface area contributed by atoms with Crippen LogP contribution in [-0.4, -0.2) is 42.0 Å². The molecule has 1 saturated heterocycles. The van der Waals surface area contributed by atoms with Crippen LogP contribution >= 0.6 is 15.9 Å². The van der Waals surface area contributed by atoms with Gasteiger partial charge in [-0.2, -0.15) is 0 Å². The highest BCUT2D eigenvalue weighted by molar-refractivity contribution is 9.10. The zero-order valence-corrected chi connectivity index (χ0v) is 14.5. The third kappa shape index (κ3) is 4.41. The summed E-state index contributed by atoms with van der Waals surface area (Å²) in [6.45, 7) is 4.54. The number of piperazine rings is 1. The SMILES string of the molecule is O=C(NN1CCN(Cc2ccccc2)CC1)c1ccccc1Br. The van der Waals surface area contributed by atoms with E-state index in [4.69, 9.17) is 0 Å². The zero-order valence-electron chi connectivity index (χ0n) is 12.9. The number of nitrogens with zero attached hydrogens (tertiary/aromatic N) is 2. The van der Waals surface area contributed by atoms with E-state index in [2.05, 4.69) is 50.5 Å². The minimum absolute atomic E-state index is 0.0611. The van der Waals surface area contributed by atoms with Gasteiger partial charge in [0.25, 0.3) is 5.91 Å². The number of halogens is 1. The first-order valence-electron chi connectivity index (χ1n) is 7.79. The molecule has 0 unspecified atom stereocenters. The van der Waals surface area contributed by atoms with Crippen LogP contribution < -0.4 is 5.43 Å². The highest BCUT2D eigenvalue weighted by atomic mass is 79.9. The normalized spacial score (nSPS) is 16.2. The van der Waals surface area contributed by atoms with E-state index < -0.39 is 0 Å². The molecule has 0 aliphatic carbocycles. The molecule has 1 amide bonds. The summed E-state index contributed by atoms with van der Waals surface area (Å²) in [4.78, 5) is 14.7. The molecule has 1 aliphatic rings. The molecule has 2 aromatic rings. The predicted molar refractivity (Wildman–Crippen MR) is 94.9 cm³/mol. The maximum atomic E-state index is 12.3. The summed E-state index contributed by atoms with van der Waals surface area (Å²) >= 11 is 3.42. The first-order valence-corrected chi connectivity index (χ1v) is 8.58. The van der Waals surface area contributed by atoms with Crippen molar-refractivity contribution < 1.29 is 4.79 Å². The van der Waals surface area contributed by atoms with Crippen LogP contribution in [0.25, 0.3) is 0 Å². The lowest BCUT2D eigenvalue weighted by Gasteiger charge is -2.34. The fourth-order valence-electron chi connectivity index (χ4n) is 2.71. The average molecular weight is 374 g/mol. The van der Waals surface area contributed by atoms with Crippen LogP contribution in [0.15, 0.2) is 59.1 Å². The highest BCUT2D eigenvalue weighted by Gasteiger charge is 2.19. The Morgan fingerprint density at radius 2 is 1.61 bits per heavy atom. The van der Waals surface area contributed by atoms with Crippen molar-refractivity contribution in [2.24, 2.45) is 0 Å². The molecule has 0 radical (unpaired) electrons. The van der Waals surface area contributed by atoms with Gasteiger partial charge < -0.3 is 0 Å². The van der Waals surface area contributed by atoms with Crippen LogP contribution in [0.2, 0.25) is 0 Å². The van der Waals surface area contributed by atoms with Crippen molar-refractivity contribution in [3.63, 3.8) is 0 Å². The van der Waals surface area contributed by atoms with Crippen molar-refractivity contribution in [1.82, 2.24) is 15.3 Å². The number of amides is 1. The molecule has 5 heteroatoms. The first kappa shape index (κ1) is 16.2. The van der Waals surface area contributed by atoms with Gasteiger partial charge in [-0.15, -0.1) is 0 Å². The maximum Gasteiger partial charge on any atom is 0.266 e. The molecule has 1 heterocycles. The van der Waals surface area contributed by atoms with Crippen molar-refractivity contribution in [2.45, 2.75) is 6.54 Å². The Morgan fingerprint density at radius 1 is 0.957 bits per heavy atom. The minimum atomic E-state index is -0.0611. The summed E-state index contributed by atoms with van der Waals surface area (Å²) in [5.41, 5.74) is 5.00. The van der Waals surface area contributed by atoms with Crippen LogP contribution in [0.4, 0.5) is 0 Å². The molecule has 0 aromatic heterocycles. The second-order valence-corrected chi connectivity index (χ2v) is 6.52. The molecule has 0 bridgehead atoms. The lowest BCUT2D eigenvalue weighted by Crippen LogP contribution is -2.53. The molecule has 120 valence electrons. The van der Waals surface area contributed by atoms with Crippen molar-refractivity contribution in [1.29, 1.82) is 0 Å². The van der Waals surface area contributed by atoms with Gasteiger partial charge in [-0.1, -0.05) is 42.5 Å². The fourth-order valence-corrected chi connectivity index (χ4v) is 3.17. The van der Waals surface area contributed by atoms with Gasteiger partial charge in [0.15, 0.2) is 0 Å². The largest absolute Gasteiger partial charge is 0.296 e. The lowest BCUT2D eigenvalue weighted by molar-refractivity contribution is 0.0604. The number of hydrogen-bond donors (Lipinski definition) is 1. The van der Waals surface area contributed by atoms with E-state index >= 15 is 0 Å². The number of rotatable bonds is 4. The van der Waals surface area contributed by atoms with Gasteiger partial charge >= 0.3 is 0 Å². The summed E-state index contributed by atoms with van der Waals surface area (Å²) in [5, 5.41) is 2.00. The topological polar surface area (TPSA) is 35.6 Å². The smallest absolute Gasteiger partial charge is 0.266 e. The number of hydrogen-bond acceptors (Lipinski definition) is 3. The summed E-state index contributed by atoms with van der Waals surface area (Å²) < 4.78 is 0.820. The molecule has 1 fully saturated rings. The van der Waals surface area contributed by atoms with Gasteiger partial charge in [0.05, 0.1) is 5.56 Å². The molecule has 1 N–H and O–H groups in total. The van der Waals surface area contributed by atoms with Gasteiger partial charge in [0.1, 0.15) is 0 Å². The number of hydrazine groups is 1. The van der Waals surface area contributed by atoms with Crippen LogP contribution in [0.3, 0.4) is 0 Å². The van der Waals surface area contributed by atoms with E-state index in [9.17, 15) is 4.79 Å². The van der Waals surface area contributed by atoms with E-state index in [-0.39, 0.29) is 5.91 Å². The number of carbonyl (C=O) groups is 1. The molecular weight excluding hydrogens is 354 g/mol. The Bertz CT molecular complexity index is 654. The molecule has 2 aromatic carbocycles. The van der Waals surface area contributed by atoms with E-state index in [0.29, 0.717) is 5.56 Å². The summed E-state index contributed by atoms with van der Waals surface area (Å²) in [7, 11) is 0. The Kier molecular flexibility index (Phi) is 5.43. The molecule has 0 atom stereocenters. The molecule has 23 heavy (non-hydrogen) atoms. The number of carbonyl (C=O) groups excluding carboxylic acids is 1. The molecule has 4 nitrogen and oxygen atoms in total. The van der Waals surface area contributed by atoms with E-state index in [1.807, 2.05) is 35.3 Å². The van der Waals surface area contributed by atoms with Gasteiger partial charge in [0, 0.05) is 37.2 Å². The minimum Gasteiger partial charge on any atom is -0.296 e. The molecule has 1 aliphatic heterocycles. The quantitative estimate of drug-likeness (QED) is 0.894. The Morgan fingerprint density at radius 3 is 2.30 bits per heavy atom. The van der Waals surface area contributed by atoms with Gasteiger partial charge in [-0.25, -0.2) is 5.01 Å². The highest BCUT2D eigenvalue weighted by Crippen LogP contribution is 2.16. The van der Waals surface area contributed by atoms with Gasteiger partial charge in [0.2, 0.25) is 0 Å². The number of nitrogens with one attached hydrogen (secondary N) is 1. The zero-order chi connectivity index (χ0) is 16.1. The molecule has 0 spiro atoms. The van der Waals surface area contributed by atoms with Crippen molar-refractivity contribution >= 4 is 21.8 Å². The van der Waals surface area contributed by atoms with Crippen LogP contribution in [0.1, 0.15) is 15.9 Å². The van der Waals surface area contributed by atoms with Crippen LogP contribution in [-0.2, 0) is 6.54 Å². The average Bonchev–Trinajstić information content (AvgIpc) is 2.58. The molecular formula is C18H20BrN3O. The van der Waals surface area contributed by atoms with E-state index in [1.165, 1.54) is 5.56 Å². The van der Waals surface area contributed by atoms with Gasteiger partial charge in [-0.05, 0) is 33.6 Å². The van der Waals surface area contributed by atoms with Crippen LogP contribution in [0.5, 0.6) is 0 Å². The fraction of sp³-hybridized carbons (Fsp3) is 0.278. The van der Waals surface area contributed by atoms with Crippen LogP contribution in [0, 0.1) is 0 Å². The second kappa shape index (κ2) is 7.73. The molecule has 3 rings (SSSR count). The monoisotopic (exact) mass is 373 g/mol. The predicted octanol–water partition coefficient (Wildman–Crippen LogP) is 2.91.